The Morgan fingerprint density at radius 2 is 2.31 bits per heavy atom. The van der Waals surface area contributed by atoms with Gasteiger partial charge < -0.3 is 29.9 Å². The van der Waals surface area contributed by atoms with Gasteiger partial charge in [0.2, 0.25) is 5.76 Å². The average molecular weight is 364 g/mol. The SMILES string of the molecule is CC1COc2c(oc3ccc(F)cc23)C(=O)N1C/C(N)=C/N(N)CCO. The quantitative estimate of drug-likeness (QED) is 0.529. The van der Waals surface area contributed by atoms with Crippen molar-refractivity contribution in [1.29, 1.82) is 0 Å². The van der Waals surface area contributed by atoms with Crippen molar-refractivity contribution in [2.75, 3.05) is 26.3 Å². The van der Waals surface area contributed by atoms with Crippen molar-refractivity contribution < 1.29 is 23.4 Å². The Hall–Kier alpha value is -2.78. The number of hydrogen-bond acceptors (Lipinski definition) is 7. The van der Waals surface area contributed by atoms with Crippen LogP contribution in [0.2, 0.25) is 0 Å². The molecule has 26 heavy (non-hydrogen) atoms. The van der Waals surface area contributed by atoms with Crippen molar-refractivity contribution in [2.24, 2.45) is 11.6 Å². The molecule has 0 bridgehead atoms. The Kier molecular flexibility index (Phi) is 5.01. The molecule has 8 nitrogen and oxygen atoms in total. The molecule has 1 unspecified atom stereocenters. The number of halogens is 1. The highest BCUT2D eigenvalue weighted by Crippen LogP contribution is 2.36. The summed E-state index contributed by atoms with van der Waals surface area (Å²) in [5.41, 5.74) is 6.68. The monoisotopic (exact) mass is 364 g/mol. The van der Waals surface area contributed by atoms with Crippen LogP contribution in [0.1, 0.15) is 17.5 Å². The first kappa shape index (κ1) is 18.0. The summed E-state index contributed by atoms with van der Waals surface area (Å²) in [4.78, 5) is 14.4. The van der Waals surface area contributed by atoms with Gasteiger partial charge in [0.25, 0.3) is 5.91 Å². The molecule has 3 rings (SSSR count). The van der Waals surface area contributed by atoms with E-state index in [2.05, 4.69) is 0 Å². The van der Waals surface area contributed by atoms with Crippen LogP contribution in [-0.2, 0) is 0 Å². The number of amides is 1. The van der Waals surface area contributed by atoms with Gasteiger partial charge in [-0.3, -0.25) is 4.79 Å². The topological polar surface area (TPSA) is 118 Å². The van der Waals surface area contributed by atoms with Crippen LogP contribution in [0.15, 0.2) is 34.5 Å². The number of nitrogens with zero attached hydrogens (tertiary/aromatic N) is 2. The number of rotatable bonds is 5. The first-order valence-electron chi connectivity index (χ1n) is 8.15. The van der Waals surface area contributed by atoms with Gasteiger partial charge in [0.05, 0.1) is 31.1 Å². The number of hydrogen-bond donors (Lipinski definition) is 3. The van der Waals surface area contributed by atoms with E-state index in [1.807, 2.05) is 6.92 Å². The van der Waals surface area contributed by atoms with E-state index in [0.29, 0.717) is 16.7 Å². The molecule has 9 heteroatoms. The third-order valence-electron chi connectivity index (χ3n) is 4.10. The Morgan fingerprint density at radius 1 is 1.54 bits per heavy atom. The highest BCUT2D eigenvalue weighted by Gasteiger charge is 2.33. The molecule has 140 valence electrons. The van der Waals surface area contributed by atoms with Gasteiger partial charge in [-0.05, 0) is 25.1 Å². The minimum Gasteiger partial charge on any atom is -0.487 e. The van der Waals surface area contributed by atoms with E-state index in [1.165, 1.54) is 34.3 Å². The van der Waals surface area contributed by atoms with Crippen molar-refractivity contribution in [1.82, 2.24) is 9.91 Å². The summed E-state index contributed by atoms with van der Waals surface area (Å²) in [6.45, 7) is 2.22. The van der Waals surface area contributed by atoms with Crippen molar-refractivity contribution >= 4 is 16.9 Å². The van der Waals surface area contributed by atoms with E-state index in [9.17, 15) is 9.18 Å². The lowest BCUT2D eigenvalue weighted by Crippen LogP contribution is -2.42. The molecule has 1 aliphatic rings. The van der Waals surface area contributed by atoms with E-state index in [0.717, 1.165) is 0 Å². The van der Waals surface area contributed by atoms with Gasteiger partial charge in [0.15, 0.2) is 5.75 Å². The van der Waals surface area contributed by atoms with Crippen LogP contribution in [0.25, 0.3) is 11.0 Å². The van der Waals surface area contributed by atoms with Gasteiger partial charge in [-0.2, -0.15) is 0 Å². The van der Waals surface area contributed by atoms with Crippen LogP contribution in [0.4, 0.5) is 4.39 Å². The van der Waals surface area contributed by atoms with E-state index < -0.39 is 11.7 Å². The van der Waals surface area contributed by atoms with Crippen LogP contribution in [-0.4, -0.2) is 53.3 Å². The summed E-state index contributed by atoms with van der Waals surface area (Å²) in [5, 5.41) is 10.5. The molecule has 1 aliphatic heterocycles. The van der Waals surface area contributed by atoms with Crippen LogP contribution < -0.4 is 16.3 Å². The third kappa shape index (κ3) is 3.44. The molecule has 0 aliphatic carbocycles. The van der Waals surface area contributed by atoms with Gasteiger partial charge in [0.1, 0.15) is 18.0 Å². The summed E-state index contributed by atoms with van der Waals surface area (Å²) < 4.78 is 24.9. The number of aliphatic hydroxyl groups is 1. The zero-order chi connectivity index (χ0) is 18.8. The lowest BCUT2D eigenvalue weighted by atomic mass is 10.2. The molecule has 5 N–H and O–H groups in total. The molecule has 0 spiro atoms. The smallest absolute Gasteiger partial charge is 0.294 e. The molecule has 1 aromatic heterocycles. The predicted octanol–water partition coefficient (Wildman–Crippen LogP) is 0.763. The first-order valence-corrected chi connectivity index (χ1v) is 8.15. The fourth-order valence-corrected chi connectivity index (χ4v) is 2.81. The van der Waals surface area contributed by atoms with Crippen LogP contribution in [0.3, 0.4) is 0 Å². The van der Waals surface area contributed by atoms with Crippen molar-refractivity contribution in [3.05, 3.63) is 41.7 Å². The zero-order valence-corrected chi connectivity index (χ0v) is 14.3. The summed E-state index contributed by atoms with van der Waals surface area (Å²) in [6, 6.07) is 3.71. The van der Waals surface area contributed by atoms with Gasteiger partial charge in [-0.15, -0.1) is 0 Å². The summed E-state index contributed by atoms with van der Waals surface area (Å²) in [5.74, 6) is 5.08. The van der Waals surface area contributed by atoms with E-state index in [-0.39, 0.29) is 43.9 Å². The molecule has 0 radical (unpaired) electrons. The molecule has 0 saturated heterocycles. The standard InChI is InChI=1S/C17H21FN4O4/c1-10-9-25-15-13-6-11(18)2-3-14(13)26-16(15)17(24)22(10)8-12(19)7-21(20)4-5-23/h2-3,6-7,10,23H,4-5,8-9,19-20H2,1H3/b12-7-. The minimum absolute atomic E-state index is 0.0164. The fraction of sp³-hybridized carbons (Fsp3) is 0.353. The number of carbonyl (C=O) groups is 1. The number of ether oxygens (including phenoxy) is 1. The van der Waals surface area contributed by atoms with Crippen LogP contribution >= 0.6 is 0 Å². The van der Waals surface area contributed by atoms with Gasteiger partial charge in [-0.1, -0.05) is 0 Å². The second-order valence-electron chi connectivity index (χ2n) is 6.16. The van der Waals surface area contributed by atoms with Crippen LogP contribution in [0, 0.1) is 5.82 Å². The van der Waals surface area contributed by atoms with Crippen molar-refractivity contribution in [3.63, 3.8) is 0 Å². The first-order chi connectivity index (χ1) is 12.4. The van der Waals surface area contributed by atoms with Crippen molar-refractivity contribution in [2.45, 2.75) is 13.0 Å². The Bertz CT molecular complexity index is 851. The normalized spacial score (nSPS) is 17.8. The highest BCUT2D eigenvalue weighted by molar-refractivity contribution is 6.02. The minimum atomic E-state index is -0.439. The maximum atomic E-state index is 13.5. The van der Waals surface area contributed by atoms with Crippen molar-refractivity contribution in [3.8, 4) is 5.75 Å². The second kappa shape index (κ2) is 7.22. The highest BCUT2D eigenvalue weighted by atomic mass is 19.1. The number of benzene rings is 1. The number of furan rings is 1. The van der Waals surface area contributed by atoms with E-state index in [1.54, 1.807) is 0 Å². The van der Waals surface area contributed by atoms with Crippen LogP contribution in [0.5, 0.6) is 5.75 Å². The molecular weight excluding hydrogens is 343 g/mol. The molecule has 1 amide bonds. The number of fused-ring (bicyclic) bond motifs is 3. The molecule has 2 aromatic rings. The maximum absolute atomic E-state index is 13.5. The average Bonchev–Trinajstić information content (AvgIpc) is 2.89. The second-order valence-corrected chi connectivity index (χ2v) is 6.16. The Balaban J connectivity index is 1.91. The van der Waals surface area contributed by atoms with Gasteiger partial charge in [0, 0.05) is 11.9 Å². The number of nitrogens with two attached hydrogens (primary N) is 2. The molecule has 2 heterocycles. The number of hydrazine groups is 1. The van der Waals surface area contributed by atoms with Gasteiger partial charge in [-0.25, -0.2) is 10.2 Å². The number of carbonyl (C=O) groups excluding carboxylic acids is 1. The Labute approximate surface area is 149 Å². The van der Waals surface area contributed by atoms with E-state index in [4.69, 9.17) is 25.8 Å². The molecule has 0 fully saturated rings. The Morgan fingerprint density at radius 3 is 3.04 bits per heavy atom. The summed E-state index contributed by atoms with van der Waals surface area (Å²) in [6.07, 6.45) is 1.46. The predicted molar refractivity (Wildman–Crippen MR) is 92.4 cm³/mol. The lowest BCUT2D eigenvalue weighted by molar-refractivity contribution is 0.0670. The molecule has 1 aromatic carbocycles. The molecule has 0 saturated carbocycles. The van der Waals surface area contributed by atoms with E-state index >= 15 is 0 Å². The maximum Gasteiger partial charge on any atom is 0.294 e. The summed E-state index contributed by atoms with van der Waals surface area (Å²) in [7, 11) is 0. The number of aliphatic hydroxyl groups excluding tert-OH is 1. The van der Waals surface area contributed by atoms with Gasteiger partial charge >= 0.3 is 0 Å². The molecule has 1 atom stereocenters. The fourth-order valence-electron chi connectivity index (χ4n) is 2.81. The zero-order valence-electron chi connectivity index (χ0n) is 14.3. The summed E-state index contributed by atoms with van der Waals surface area (Å²) >= 11 is 0. The molecular formula is C17H21FN4O4. The lowest BCUT2D eigenvalue weighted by Gasteiger charge is -2.26. The largest absolute Gasteiger partial charge is 0.487 e. The third-order valence-corrected chi connectivity index (χ3v) is 4.10.